The summed E-state index contributed by atoms with van der Waals surface area (Å²) in [5.74, 6) is 1.25. The molecular weight excluding hydrogens is 238 g/mol. The molecule has 0 spiro atoms. The van der Waals surface area contributed by atoms with Crippen LogP contribution in [0.4, 0.5) is 17.5 Å². The van der Waals surface area contributed by atoms with Crippen LogP contribution in [0.2, 0.25) is 0 Å². The van der Waals surface area contributed by atoms with Gasteiger partial charge in [-0.2, -0.15) is 10.1 Å². The number of nitrogens with one attached hydrogen (secondary N) is 2. The molecule has 0 saturated carbocycles. The third kappa shape index (κ3) is 3.64. The highest BCUT2D eigenvalue weighted by atomic mass is 15.3. The van der Waals surface area contributed by atoms with E-state index in [1.54, 1.807) is 6.20 Å². The van der Waals surface area contributed by atoms with E-state index in [-0.39, 0.29) is 0 Å². The van der Waals surface area contributed by atoms with E-state index in [1.807, 2.05) is 6.07 Å². The summed E-state index contributed by atoms with van der Waals surface area (Å²) < 4.78 is 0. The standard InChI is InChI=1S/C14H19N5/c1-4-7-15-14-18-13(9-16-19-14)17-12-6-5-10(2)8-11(12)3/h5-6,8-9H,4,7H2,1-3H3,(H2,15,17,18,19). The minimum absolute atomic E-state index is 0.552. The molecule has 0 bridgehead atoms. The third-order valence-electron chi connectivity index (χ3n) is 2.74. The van der Waals surface area contributed by atoms with Gasteiger partial charge in [-0.15, -0.1) is 5.10 Å². The summed E-state index contributed by atoms with van der Waals surface area (Å²) in [7, 11) is 0. The lowest BCUT2D eigenvalue weighted by atomic mass is 10.1. The van der Waals surface area contributed by atoms with Gasteiger partial charge < -0.3 is 10.6 Å². The van der Waals surface area contributed by atoms with E-state index in [0.29, 0.717) is 11.8 Å². The van der Waals surface area contributed by atoms with Crippen molar-refractivity contribution in [3.63, 3.8) is 0 Å². The molecule has 5 heteroatoms. The maximum atomic E-state index is 4.37. The summed E-state index contributed by atoms with van der Waals surface area (Å²) in [5, 5.41) is 14.3. The number of aromatic nitrogens is 3. The van der Waals surface area contributed by atoms with E-state index in [2.05, 4.69) is 58.7 Å². The highest BCUT2D eigenvalue weighted by Gasteiger charge is 2.02. The summed E-state index contributed by atoms with van der Waals surface area (Å²) in [4.78, 5) is 4.37. The quantitative estimate of drug-likeness (QED) is 0.862. The molecule has 19 heavy (non-hydrogen) atoms. The Morgan fingerprint density at radius 1 is 1.21 bits per heavy atom. The zero-order valence-electron chi connectivity index (χ0n) is 11.6. The van der Waals surface area contributed by atoms with Crippen LogP contribution in [0.1, 0.15) is 24.5 Å². The molecule has 0 radical (unpaired) electrons. The Kier molecular flexibility index (Phi) is 4.28. The van der Waals surface area contributed by atoms with Crippen LogP contribution in [0.25, 0.3) is 0 Å². The van der Waals surface area contributed by atoms with Crippen molar-refractivity contribution in [1.82, 2.24) is 15.2 Å². The first-order valence-corrected chi connectivity index (χ1v) is 6.47. The van der Waals surface area contributed by atoms with Crippen LogP contribution in [-0.4, -0.2) is 21.7 Å². The SMILES string of the molecule is CCCNc1nncc(Nc2ccc(C)cc2C)n1. The Bertz CT molecular complexity index is 553. The highest BCUT2D eigenvalue weighted by molar-refractivity contribution is 5.60. The van der Waals surface area contributed by atoms with Gasteiger partial charge in [0, 0.05) is 12.2 Å². The Morgan fingerprint density at radius 2 is 2.05 bits per heavy atom. The Morgan fingerprint density at radius 3 is 2.79 bits per heavy atom. The lowest BCUT2D eigenvalue weighted by Crippen LogP contribution is -2.07. The van der Waals surface area contributed by atoms with Gasteiger partial charge in [0.05, 0.1) is 6.20 Å². The highest BCUT2D eigenvalue weighted by Crippen LogP contribution is 2.20. The van der Waals surface area contributed by atoms with Crippen LogP contribution < -0.4 is 10.6 Å². The molecule has 5 nitrogen and oxygen atoms in total. The smallest absolute Gasteiger partial charge is 0.244 e. The van der Waals surface area contributed by atoms with E-state index in [4.69, 9.17) is 0 Å². The second-order valence-electron chi connectivity index (χ2n) is 4.54. The minimum atomic E-state index is 0.552. The van der Waals surface area contributed by atoms with Crippen LogP contribution in [0.3, 0.4) is 0 Å². The summed E-state index contributed by atoms with van der Waals surface area (Å²) >= 11 is 0. The zero-order valence-corrected chi connectivity index (χ0v) is 11.6. The van der Waals surface area contributed by atoms with E-state index in [9.17, 15) is 0 Å². The van der Waals surface area contributed by atoms with Crippen molar-refractivity contribution in [3.05, 3.63) is 35.5 Å². The lowest BCUT2D eigenvalue weighted by molar-refractivity contribution is 0.913. The maximum Gasteiger partial charge on any atom is 0.244 e. The first kappa shape index (κ1) is 13.3. The first-order valence-electron chi connectivity index (χ1n) is 6.47. The minimum Gasteiger partial charge on any atom is -0.353 e. The van der Waals surface area contributed by atoms with Gasteiger partial charge in [0.25, 0.3) is 0 Å². The van der Waals surface area contributed by atoms with Crippen molar-refractivity contribution in [2.24, 2.45) is 0 Å². The maximum absolute atomic E-state index is 4.37. The number of aryl methyl sites for hydroxylation is 2. The summed E-state index contributed by atoms with van der Waals surface area (Å²) in [5.41, 5.74) is 3.46. The lowest BCUT2D eigenvalue weighted by Gasteiger charge is -2.10. The summed E-state index contributed by atoms with van der Waals surface area (Å²) in [6.07, 6.45) is 2.65. The molecular formula is C14H19N5. The number of hydrogen-bond acceptors (Lipinski definition) is 5. The molecule has 100 valence electrons. The Balaban J connectivity index is 2.14. The molecule has 0 fully saturated rings. The van der Waals surface area contributed by atoms with Crippen molar-refractivity contribution in [2.45, 2.75) is 27.2 Å². The predicted octanol–water partition coefficient (Wildman–Crippen LogP) is 3.05. The van der Waals surface area contributed by atoms with Gasteiger partial charge in [0.1, 0.15) is 0 Å². The van der Waals surface area contributed by atoms with Crippen LogP contribution in [0.15, 0.2) is 24.4 Å². The molecule has 2 N–H and O–H groups in total. The van der Waals surface area contributed by atoms with Crippen molar-refractivity contribution >= 4 is 17.5 Å². The number of anilines is 3. The average Bonchev–Trinajstić information content (AvgIpc) is 2.40. The third-order valence-corrected chi connectivity index (χ3v) is 2.74. The molecule has 1 aromatic carbocycles. The predicted molar refractivity (Wildman–Crippen MR) is 77.8 cm³/mol. The van der Waals surface area contributed by atoms with Crippen molar-refractivity contribution in [1.29, 1.82) is 0 Å². The van der Waals surface area contributed by atoms with Gasteiger partial charge in [0.15, 0.2) is 5.82 Å². The van der Waals surface area contributed by atoms with E-state index < -0.39 is 0 Å². The van der Waals surface area contributed by atoms with Crippen molar-refractivity contribution < 1.29 is 0 Å². The van der Waals surface area contributed by atoms with Crippen LogP contribution >= 0.6 is 0 Å². The fourth-order valence-corrected chi connectivity index (χ4v) is 1.77. The largest absolute Gasteiger partial charge is 0.353 e. The van der Waals surface area contributed by atoms with Crippen LogP contribution in [-0.2, 0) is 0 Å². The second-order valence-corrected chi connectivity index (χ2v) is 4.54. The summed E-state index contributed by atoms with van der Waals surface area (Å²) in [6.45, 7) is 7.09. The number of hydrogen-bond donors (Lipinski definition) is 2. The topological polar surface area (TPSA) is 62.7 Å². The van der Waals surface area contributed by atoms with E-state index in [1.165, 1.54) is 11.1 Å². The molecule has 0 unspecified atom stereocenters. The van der Waals surface area contributed by atoms with Crippen LogP contribution in [0.5, 0.6) is 0 Å². The molecule has 1 heterocycles. The molecule has 0 amide bonds. The zero-order chi connectivity index (χ0) is 13.7. The number of nitrogens with zero attached hydrogens (tertiary/aromatic N) is 3. The van der Waals surface area contributed by atoms with Crippen LogP contribution in [0, 0.1) is 13.8 Å². The summed E-state index contributed by atoms with van der Waals surface area (Å²) in [6, 6.07) is 6.25. The molecule has 0 aliphatic carbocycles. The van der Waals surface area contributed by atoms with Gasteiger partial charge >= 0.3 is 0 Å². The van der Waals surface area contributed by atoms with Gasteiger partial charge in [-0.3, -0.25) is 0 Å². The molecule has 1 aromatic heterocycles. The van der Waals surface area contributed by atoms with E-state index >= 15 is 0 Å². The molecule has 0 aliphatic heterocycles. The number of benzene rings is 1. The molecule has 2 rings (SSSR count). The number of rotatable bonds is 5. The van der Waals surface area contributed by atoms with Crippen molar-refractivity contribution in [3.8, 4) is 0 Å². The fraction of sp³-hybridized carbons (Fsp3) is 0.357. The molecule has 0 saturated heterocycles. The second kappa shape index (κ2) is 6.13. The monoisotopic (exact) mass is 257 g/mol. The van der Waals surface area contributed by atoms with Gasteiger partial charge in [-0.1, -0.05) is 24.6 Å². The van der Waals surface area contributed by atoms with Crippen molar-refractivity contribution in [2.75, 3.05) is 17.2 Å². The first-order chi connectivity index (χ1) is 9.19. The Hall–Kier alpha value is -2.17. The van der Waals surface area contributed by atoms with Gasteiger partial charge in [0.2, 0.25) is 5.95 Å². The molecule has 0 aliphatic rings. The normalized spacial score (nSPS) is 10.3. The van der Waals surface area contributed by atoms with Gasteiger partial charge in [-0.05, 0) is 31.9 Å². The Labute approximate surface area is 113 Å². The average molecular weight is 257 g/mol. The van der Waals surface area contributed by atoms with Gasteiger partial charge in [-0.25, -0.2) is 0 Å². The molecule has 0 atom stereocenters. The van der Waals surface area contributed by atoms with E-state index in [0.717, 1.165) is 18.7 Å². The fourth-order valence-electron chi connectivity index (χ4n) is 1.77. The molecule has 2 aromatic rings.